The van der Waals surface area contributed by atoms with Gasteiger partial charge in [0, 0.05) is 31.8 Å². The largest absolute Gasteiger partial charge is 0.390 e. The van der Waals surface area contributed by atoms with E-state index in [1.54, 1.807) is 31.2 Å². The number of aliphatic hydroxyl groups excluding tert-OH is 1. The zero-order valence-electron chi connectivity index (χ0n) is 14.9. The van der Waals surface area contributed by atoms with Crippen LogP contribution in [0.4, 0.5) is 0 Å². The van der Waals surface area contributed by atoms with Crippen molar-refractivity contribution in [3.8, 4) is 0 Å². The third kappa shape index (κ3) is 8.29. The molecule has 0 aromatic heterocycles. The fourth-order valence-electron chi connectivity index (χ4n) is 2.40. The van der Waals surface area contributed by atoms with Crippen molar-refractivity contribution in [3.05, 3.63) is 85.1 Å². The van der Waals surface area contributed by atoms with Crippen LogP contribution < -0.4 is 5.32 Å². The predicted octanol–water partition coefficient (Wildman–Crippen LogP) is 2.69. The molecule has 0 radical (unpaired) electrons. The number of nitrogens with one attached hydrogen (secondary N) is 1. The number of rotatable bonds is 7. The molecular weight excluding hydrogens is 312 g/mol. The van der Waals surface area contributed by atoms with Gasteiger partial charge in [0.05, 0.1) is 6.10 Å². The molecule has 4 heteroatoms. The average molecular weight is 340 g/mol. The molecule has 2 N–H and O–H groups in total. The normalized spacial score (nSPS) is 20.5. The Morgan fingerprint density at radius 1 is 1.32 bits per heavy atom. The first kappa shape index (κ1) is 20.6. The quantitative estimate of drug-likeness (QED) is 0.553. The van der Waals surface area contributed by atoms with Crippen LogP contribution in [0.15, 0.2) is 85.1 Å². The Hall–Kier alpha value is -2.43. The van der Waals surface area contributed by atoms with Gasteiger partial charge in [-0.05, 0) is 24.1 Å². The van der Waals surface area contributed by atoms with Crippen LogP contribution in [0.2, 0.25) is 0 Å². The van der Waals surface area contributed by atoms with Crippen LogP contribution in [0.5, 0.6) is 0 Å². The monoisotopic (exact) mass is 340 g/mol. The van der Waals surface area contributed by atoms with Crippen LogP contribution in [0.1, 0.15) is 6.92 Å². The van der Waals surface area contributed by atoms with E-state index in [0.29, 0.717) is 25.2 Å². The van der Waals surface area contributed by atoms with Gasteiger partial charge in [-0.25, -0.2) is 0 Å². The molecule has 0 saturated heterocycles. The van der Waals surface area contributed by atoms with Gasteiger partial charge in [-0.3, -0.25) is 9.69 Å². The molecule has 0 spiro atoms. The van der Waals surface area contributed by atoms with Crippen LogP contribution >= 0.6 is 0 Å². The molecule has 1 rings (SSSR count). The molecule has 0 saturated carbocycles. The van der Waals surface area contributed by atoms with E-state index in [0.717, 1.165) is 11.1 Å². The van der Waals surface area contributed by atoms with E-state index >= 15 is 0 Å². The summed E-state index contributed by atoms with van der Waals surface area (Å²) in [6.45, 7) is 15.3. The fourth-order valence-corrected chi connectivity index (χ4v) is 2.40. The molecule has 1 atom stereocenters. The van der Waals surface area contributed by atoms with Crippen molar-refractivity contribution in [1.82, 2.24) is 10.2 Å². The van der Waals surface area contributed by atoms with Crippen molar-refractivity contribution in [2.75, 3.05) is 26.2 Å². The molecule has 25 heavy (non-hydrogen) atoms. The summed E-state index contributed by atoms with van der Waals surface area (Å²) in [5.74, 6) is -0.219. The Labute approximate surface area is 150 Å². The number of carbonyl (C=O) groups is 1. The summed E-state index contributed by atoms with van der Waals surface area (Å²) in [7, 11) is 0. The Bertz CT molecular complexity index is 598. The summed E-state index contributed by atoms with van der Waals surface area (Å²) in [5.41, 5.74) is 2.45. The summed E-state index contributed by atoms with van der Waals surface area (Å²) in [6, 6.07) is 0. The van der Waals surface area contributed by atoms with Gasteiger partial charge in [0.1, 0.15) is 0 Å². The lowest BCUT2D eigenvalue weighted by Crippen LogP contribution is -2.41. The first-order chi connectivity index (χ1) is 12.0. The van der Waals surface area contributed by atoms with Gasteiger partial charge >= 0.3 is 0 Å². The molecule has 1 aliphatic heterocycles. The van der Waals surface area contributed by atoms with E-state index in [2.05, 4.69) is 30.0 Å². The fraction of sp³-hybridized carbons (Fsp3) is 0.286. The van der Waals surface area contributed by atoms with E-state index in [1.165, 1.54) is 0 Å². The van der Waals surface area contributed by atoms with Gasteiger partial charge in [0.15, 0.2) is 0 Å². The molecule has 1 aliphatic rings. The van der Waals surface area contributed by atoms with E-state index in [9.17, 15) is 9.90 Å². The lowest BCUT2D eigenvalue weighted by Gasteiger charge is -2.25. The molecule has 4 nitrogen and oxygen atoms in total. The molecule has 1 amide bonds. The van der Waals surface area contributed by atoms with Crippen molar-refractivity contribution in [2.45, 2.75) is 13.0 Å². The van der Waals surface area contributed by atoms with Crippen LogP contribution in [-0.2, 0) is 4.79 Å². The molecule has 0 bridgehead atoms. The van der Waals surface area contributed by atoms with Gasteiger partial charge in [-0.2, -0.15) is 0 Å². The Morgan fingerprint density at radius 3 is 2.44 bits per heavy atom. The summed E-state index contributed by atoms with van der Waals surface area (Å²) in [4.78, 5) is 14.2. The van der Waals surface area contributed by atoms with Crippen molar-refractivity contribution in [1.29, 1.82) is 0 Å². The number of hydrogen-bond donors (Lipinski definition) is 2. The highest BCUT2D eigenvalue weighted by Gasteiger charge is 2.15. The maximum absolute atomic E-state index is 12.1. The minimum absolute atomic E-state index is 0.180. The van der Waals surface area contributed by atoms with Crippen LogP contribution in [0, 0.1) is 0 Å². The zero-order valence-corrected chi connectivity index (χ0v) is 14.9. The number of nitrogens with zero attached hydrogens (tertiary/aromatic N) is 1. The Kier molecular flexibility index (Phi) is 9.22. The van der Waals surface area contributed by atoms with E-state index in [-0.39, 0.29) is 12.5 Å². The summed E-state index contributed by atoms with van der Waals surface area (Å²) in [6.07, 6.45) is 13.8. The van der Waals surface area contributed by atoms with E-state index in [4.69, 9.17) is 0 Å². The third-order valence-corrected chi connectivity index (χ3v) is 3.58. The summed E-state index contributed by atoms with van der Waals surface area (Å²) >= 11 is 0. The standard InChI is InChI=1S/C21H28N2O2/c1-5-7-12-19(6-2)21(25)22-13-20(24)16-23-14-17(3)10-8-9-11-18(4)15-23/h5-12,20,24H,1,3-4,13-16H2,2H3,(H,22,25)/b10-8-,11-9-,12-7-,19-6+/t20-/m1/s1. The summed E-state index contributed by atoms with van der Waals surface area (Å²) in [5, 5.41) is 13.0. The number of allylic oxidation sites excluding steroid dienone is 5. The van der Waals surface area contributed by atoms with E-state index in [1.807, 2.05) is 24.3 Å². The second kappa shape index (κ2) is 11.2. The SMILES string of the molecule is C=C/C=C\C(=C/C)C(=O)NC[C@@H](O)CN1CC(=C)/C=C\C=C/C(=C)C1. The van der Waals surface area contributed by atoms with Crippen molar-refractivity contribution >= 4 is 5.91 Å². The zero-order chi connectivity index (χ0) is 18.7. The number of hydrogen-bond acceptors (Lipinski definition) is 3. The molecule has 0 fully saturated rings. The maximum atomic E-state index is 12.1. The summed E-state index contributed by atoms with van der Waals surface area (Å²) < 4.78 is 0. The van der Waals surface area contributed by atoms with Gasteiger partial charge in [-0.15, -0.1) is 0 Å². The molecule has 0 unspecified atom stereocenters. The van der Waals surface area contributed by atoms with Gasteiger partial charge < -0.3 is 10.4 Å². The minimum Gasteiger partial charge on any atom is -0.390 e. The number of aliphatic hydroxyl groups is 1. The topological polar surface area (TPSA) is 52.6 Å². The second-order valence-corrected chi connectivity index (χ2v) is 5.91. The van der Waals surface area contributed by atoms with Crippen LogP contribution in [-0.4, -0.2) is 48.2 Å². The van der Waals surface area contributed by atoms with Crippen molar-refractivity contribution in [3.63, 3.8) is 0 Å². The maximum Gasteiger partial charge on any atom is 0.251 e. The average Bonchev–Trinajstić information content (AvgIpc) is 2.64. The number of β-amino-alcohol motifs (C(OH)–C–C–N with tert-alkyl or cyclic N) is 1. The van der Waals surface area contributed by atoms with Gasteiger partial charge in [0.2, 0.25) is 0 Å². The molecule has 1 heterocycles. The molecular formula is C21H28N2O2. The van der Waals surface area contributed by atoms with Crippen molar-refractivity contribution in [2.24, 2.45) is 0 Å². The molecule has 0 aromatic rings. The smallest absolute Gasteiger partial charge is 0.251 e. The van der Waals surface area contributed by atoms with Crippen LogP contribution in [0.25, 0.3) is 0 Å². The molecule has 134 valence electrons. The Balaban J connectivity index is 2.56. The lowest BCUT2D eigenvalue weighted by atomic mass is 10.2. The molecule has 0 aliphatic carbocycles. The van der Waals surface area contributed by atoms with Crippen molar-refractivity contribution < 1.29 is 9.90 Å². The molecule has 0 aromatic carbocycles. The highest BCUT2D eigenvalue weighted by Crippen LogP contribution is 2.08. The predicted molar refractivity (Wildman–Crippen MR) is 105 cm³/mol. The lowest BCUT2D eigenvalue weighted by molar-refractivity contribution is -0.117. The van der Waals surface area contributed by atoms with Gasteiger partial charge in [-0.1, -0.05) is 62.3 Å². The number of carbonyl (C=O) groups excluding carboxylic acids is 1. The van der Waals surface area contributed by atoms with Gasteiger partial charge in [0.25, 0.3) is 5.91 Å². The van der Waals surface area contributed by atoms with E-state index < -0.39 is 6.10 Å². The highest BCUT2D eigenvalue weighted by molar-refractivity contribution is 5.96. The van der Waals surface area contributed by atoms with Crippen LogP contribution in [0.3, 0.4) is 0 Å². The first-order valence-corrected chi connectivity index (χ1v) is 8.30. The number of amides is 1. The Morgan fingerprint density at radius 2 is 1.92 bits per heavy atom. The third-order valence-electron chi connectivity index (χ3n) is 3.58. The first-order valence-electron chi connectivity index (χ1n) is 8.30. The highest BCUT2D eigenvalue weighted by atomic mass is 16.3. The minimum atomic E-state index is -0.681. The second-order valence-electron chi connectivity index (χ2n) is 5.91.